The molecule has 72 valence electrons. The van der Waals surface area contributed by atoms with E-state index in [-0.39, 0.29) is 6.10 Å². The molecule has 0 spiro atoms. The molecule has 1 heterocycles. The highest BCUT2D eigenvalue weighted by Gasteiger charge is 2.39. The zero-order valence-electron chi connectivity index (χ0n) is 8.32. The second-order valence-corrected chi connectivity index (χ2v) is 4.71. The second-order valence-electron chi connectivity index (χ2n) is 4.71. The molecule has 1 aliphatic heterocycles. The molecule has 0 amide bonds. The van der Waals surface area contributed by atoms with Gasteiger partial charge in [0.15, 0.2) is 7.98 Å². The van der Waals surface area contributed by atoms with Crippen molar-refractivity contribution >= 4 is 7.98 Å². The molecular weight excluding hydrogens is 161 g/mol. The number of fused-ring (bicyclic) bond motifs is 2. The minimum absolute atomic E-state index is 0.104. The van der Waals surface area contributed by atoms with E-state index < -0.39 is 0 Å². The smallest absolute Gasteiger partial charge is 0.182 e. The van der Waals surface area contributed by atoms with Crippen molar-refractivity contribution in [3.63, 3.8) is 0 Å². The van der Waals surface area contributed by atoms with Crippen molar-refractivity contribution in [2.24, 2.45) is 17.8 Å². The zero-order valence-corrected chi connectivity index (χ0v) is 8.32. The maximum absolute atomic E-state index is 10.0. The maximum Gasteiger partial charge on any atom is 0.182 e. The van der Waals surface area contributed by atoms with Crippen LogP contribution in [0.4, 0.5) is 0 Å². The highest BCUT2D eigenvalue weighted by molar-refractivity contribution is 6.04. The summed E-state index contributed by atoms with van der Waals surface area (Å²) in [7, 11) is 5.80. The highest BCUT2D eigenvalue weighted by atomic mass is 16.3. The van der Waals surface area contributed by atoms with Crippen LogP contribution in [0.3, 0.4) is 0 Å². The van der Waals surface area contributed by atoms with Crippen molar-refractivity contribution < 1.29 is 5.11 Å². The van der Waals surface area contributed by atoms with Crippen molar-refractivity contribution in [1.29, 1.82) is 0 Å². The van der Waals surface area contributed by atoms with E-state index in [0.29, 0.717) is 11.8 Å². The van der Waals surface area contributed by atoms with Gasteiger partial charge in [0, 0.05) is 0 Å². The van der Waals surface area contributed by atoms with Crippen LogP contribution in [0, 0.1) is 17.8 Å². The first-order valence-corrected chi connectivity index (χ1v) is 5.38. The van der Waals surface area contributed by atoms with Crippen LogP contribution in [0.25, 0.3) is 0 Å². The van der Waals surface area contributed by atoms with E-state index in [0.717, 1.165) is 25.4 Å². The Balaban J connectivity index is 2.05. The van der Waals surface area contributed by atoms with Gasteiger partial charge in [0.05, 0.1) is 6.10 Å². The largest absolute Gasteiger partial charge is 0.393 e. The van der Waals surface area contributed by atoms with Gasteiger partial charge in [0.1, 0.15) is 0 Å². The monoisotopic (exact) mass is 179 g/mol. The van der Waals surface area contributed by atoms with Crippen LogP contribution in [0.2, 0.25) is 0 Å². The Kier molecular flexibility index (Phi) is 2.66. The molecule has 4 atom stereocenters. The third kappa shape index (κ3) is 1.77. The van der Waals surface area contributed by atoms with Crippen LogP contribution in [0.15, 0.2) is 0 Å². The van der Waals surface area contributed by atoms with Crippen molar-refractivity contribution in [3.05, 3.63) is 0 Å². The topological polar surface area (TPSA) is 23.5 Å². The molecule has 2 radical (unpaired) electrons. The molecule has 2 rings (SSSR count). The van der Waals surface area contributed by atoms with Gasteiger partial charge in [0.25, 0.3) is 0 Å². The van der Waals surface area contributed by atoms with E-state index in [1.807, 2.05) is 4.81 Å². The van der Waals surface area contributed by atoms with Crippen molar-refractivity contribution in [2.75, 3.05) is 13.1 Å². The molecular formula is C10H18BNO. The fourth-order valence-corrected chi connectivity index (χ4v) is 3.06. The Hall–Kier alpha value is -0.0151. The van der Waals surface area contributed by atoms with Gasteiger partial charge in [-0.05, 0) is 43.7 Å². The van der Waals surface area contributed by atoms with Crippen molar-refractivity contribution in [1.82, 2.24) is 4.81 Å². The van der Waals surface area contributed by atoms with E-state index in [4.69, 9.17) is 7.98 Å². The van der Waals surface area contributed by atoms with Crippen LogP contribution in [0.5, 0.6) is 0 Å². The number of hydrogen-bond acceptors (Lipinski definition) is 2. The van der Waals surface area contributed by atoms with Crippen molar-refractivity contribution in [2.45, 2.75) is 32.3 Å². The minimum Gasteiger partial charge on any atom is -0.393 e. The Morgan fingerprint density at radius 1 is 1.38 bits per heavy atom. The fourth-order valence-electron chi connectivity index (χ4n) is 3.06. The number of aliphatic hydroxyl groups excluding tert-OH is 1. The standard InChI is InChI=1S/C10H18BNO/c1-2-8-3-7-4-9(10(8)13)6-12(11)5-7/h7-10,13H,2-6H2,1H3. The first-order valence-electron chi connectivity index (χ1n) is 5.38. The number of rotatable bonds is 1. The summed E-state index contributed by atoms with van der Waals surface area (Å²) in [5.74, 6) is 1.69. The average molecular weight is 179 g/mol. The van der Waals surface area contributed by atoms with Gasteiger partial charge < -0.3 is 9.92 Å². The average Bonchev–Trinajstić information content (AvgIpc) is 2.10. The summed E-state index contributed by atoms with van der Waals surface area (Å²) < 4.78 is 0. The first-order chi connectivity index (χ1) is 6.20. The molecule has 1 N–H and O–H groups in total. The molecule has 1 saturated carbocycles. The predicted molar refractivity (Wildman–Crippen MR) is 53.3 cm³/mol. The van der Waals surface area contributed by atoms with Crippen LogP contribution in [0.1, 0.15) is 26.2 Å². The first kappa shape index (κ1) is 9.54. The number of nitrogens with zero attached hydrogens (tertiary/aromatic N) is 1. The summed E-state index contributed by atoms with van der Waals surface area (Å²) in [6, 6.07) is 0. The van der Waals surface area contributed by atoms with E-state index in [9.17, 15) is 5.11 Å². The van der Waals surface area contributed by atoms with Gasteiger partial charge in [-0.3, -0.25) is 0 Å². The lowest BCUT2D eigenvalue weighted by molar-refractivity contribution is -0.0361. The van der Waals surface area contributed by atoms with E-state index in [1.165, 1.54) is 12.8 Å². The fraction of sp³-hybridized carbons (Fsp3) is 1.00. The molecule has 2 bridgehead atoms. The normalized spacial score (nSPS) is 46.3. The zero-order chi connectivity index (χ0) is 9.42. The SMILES string of the molecule is [B]N1CC2CC(CC)C(O)C(C2)C1. The molecule has 2 aliphatic rings. The molecule has 13 heavy (non-hydrogen) atoms. The summed E-state index contributed by atoms with van der Waals surface area (Å²) in [6.07, 6.45) is 3.36. The highest BCUT2D eigenvalue weighted by Crippen LogP contribution is 2.38. The Morgan fingerprint density at radius 2 is 2.15 bits per heavy atom. The number of aliphatic hydroxyl groups is 1. The maximum atomic E-state index is 10.0. The Labute approximate surface area is 81.7 Å². The van der Waals surface area contributed by atoms with Crippen LogP contribution in [-0.4, -0.2) is 37.1 Å². The molecule has 0 aromatic carbocycles. The summed E-state index contributed by atoms with van der Waals surface area (Å²) >= 11 is 0. The van der Waals surface area contributed by atoms with Gasteiger partial charge in [-0.2, -0.15) is 0 Å². The summed E-state index contributed by atoms with van der Waals surface area (Å²) in [5, 5.41) is 10.0. The van der Waals surface area contributed by atoms with Crippen LogP contribution >= 0.6 is 0 Å². The molecule has 3 heteroatoms. The van der Waals surface area contributed by atoms with E-state index >= 15 is 0 Å². The molecule has 1 aliphatic carbocycles. The lowest BCUT2D eigenvalue weighted by Gasteiger charge is -2.46. The molecule has 2 fully saturated rings. The predicted octanol–water partition coefficient (Wildman–Crippen LogP) is 0.799. The third-order valence-electron chi connectivity index (χ3n) is 3.72. The van der Waals surface area contributed by atoms with Crippen molar-refractivity contribution in [3.8, 4) is 0 Å². The second kappa shape index (κ2) is 3.62. The van der Waals surface area contributed by atoms with E-state index in [2.05, 4.69) is 6.92 Å². The molecule has 2 nitrogen and oxygen atoms in total. The van der Waals surface area contributed by atoms with Crippen LogP contribution in [-0.2, 0) is 0 Å². The van der Waals surface area contributed by atoms with Gasteiger partial charge in [-0.1, -0.05) is 13.3 Å². The molecule has 0 aromatic rings. The van der Waals surface area contributed by atoms with Crippen LogP contribution < -0.4 is 0 Å². The third-order valence-corrected chi connectivity index (χ3v) is 3.72. The summed E-state index contributed by atoms with van der Waals surface area (Å²) in [6.45, 7) is 4.09. The quantitative estimate of drug-likeness (QED) is 0.602. The molecule has 0 aromatic heterocycles. The van der Waals surface area contributed by atoms with Gasteiger partial charge in [0.2, 0.25) is 0 Å². The van der Waals surface area contributed by atoms with E-state index in [1.54, 1.807) is 0 Å². The molecule has 1 saturated heterocycles. The van der Waals surface area contributed by atoms with Gasteiger partial charge in [-0.15, -0.1) is 0 Å². The summed E-state index contributed by atoms with van der Waals surface area (Å²) in [5.41, 5.74) is 0. The number of piperidine rings is 1. The minimum atomic E-state index is -0.104. The van der Waals surface area contributed by atoms with Gasteiger partial charge >= 0.3 is 0 Å². The number of hydrogen-bond donors (Lipinski definition) is 1. The molecule has 4 unspecified atom stereocenters. The Bertz CT molecular complexity index is 186. The summed E-state index contributed by atoms with van der Waals surface area (Å²) in [4.78, 5) is 1.88. The lowest BCUT2D eigenvalue weighted by Crippen LogP contribution is -2.50. The Morgan fingerprint density at radius 3 is 2.85 bits per heavy atom. The lowest BCUT2D eigenvalue weighted by atomic mass is 9.69. The van der Waals surface area contributed by atoms with Gasteiger partial charge in [-0.25, -0.2) is 0 Å².